The second-order valence-electron chi connectivity index (χ2n) is 6.72. The number of aliphatic imine (C=N–C) groups is 1. The lowest BCUT2D eigenvalue weighted by Crippen LogP contribution is -2.39. The molecule has 0 amide bonds. The van der Waals surface area contributed by atoms with Crippen LogP contribution < -0.4 is 10.1 Å². The molecular formula is C19H32N4O2. The highest BCUT2D eigenvalue weighted by Crippen LogP contribution is 2.19. The lowest BCUT2D eigenvalue weighted by Gasteiger charge is -2.22. The molecule has 1 aromatic carbocycles. The third-order valence-corrected chi connectivity index (χ3v) is 4.41. The third-order valence-electron chi connectivity index (χ3n) is 4.41. The Morgan fingerprint density at radius 3 is 2.88 bits per heavy atom. The molecule has 6 nitrogen and oxygen atoms in total. The average molecular weight is 348 g/mol. The molecule has 1 heterocycles. The molecule has 1 unspecified atom stereocenters. The van der Waals surface area contributed by atoms with Gasteiger partial charge in [0.1, 0.15) is 12.4 Å². The second-order valence-corrected chi connectivity index (χ2v) is 6.72. The van der Waals surface area contributed by atoms with E-state index in [-0.39, 0.29) is 0 Å². The fourth-order valence-electron chi connectivity index (χ4n) is 3.03. The minimum absolute atomic E-state index is 0.588. The maximum Gasteiger partial charge on any atom is 0.193 e. The van der Waals surface area contributed by atoms with Gasteiger partial charge in [0, 0.05) is 51.8 Å². The summed E-state index contributed by atoms with van der Waals surface area (Å²) in [5.41, 5.74) is 1.15. The molecule has 1 N–H and O–H groups in total. The van der Waals surface area contributed by atoms with Gasteiger partial charge in [0.25, 0.3) is 0 Å². The SMILES string of the molecule is CN=C(NCc1ccccc1OCCN(C)C)N1CCC(COC)C1. The summed E-state index contributed by atoms with van der Waals surface area (Å²) in [5, 5.41) is 3.47. The van der Waals surface area contributed by atoms with Crippen LogP contribution in [0.25, 0.3) is 0 Å². The molecule has 1 aliphatic rings. The second kappa shape index (κ2) is 10.3. The Morgan fingerprint density at radius 1 is 1.36 bits per heavy atom. The van der Waals surface area contributed by atoms with Crippen molar-refractivity contribution < 1.29 is 9.47 Å². The summed E-state index contributed by atoms with van der Waals surface area (Å²) in [6, 6.07) is 8.19. The van der Waals surface area contributed by atoms with E-state index >= 15 is 0 Å². The van der Waals surface area contributed by atoms with Crippen molar-refractivity contribution in [2.75, 3.05) is 61.1 Å². The van der Waals surface area contributed by atoms with Crippen molar-refractivity contribution >= 4 is 5.96 Å². The van der Waals surface area contributed by atoms with E-state index in [1.807, 2.05) is 39.3 Å². The van der Waals surface area contributed by atoms with E-state index in [1.54, 1.807) is 7.11 Å². The van der Waals surface area contributed by atoms with E-state index in [0.717, 1.165) is 49.9 Å². The minimum atomic E-state index is 0.588. The quantitative estimate of drug-likeness (QED) is 0.572. The first-order valence-electron chi connectivity index (χ1n) is 8.94. The van der Waals surface area contributed by atoms with Crippen LogP contribution in [0.1, 0.15) is 12.0 Å². The molecule has 25 heavy (non-hydrogen) atoms. The topological polar surface area (TPSA) is 49.3 Å². The van der Waals surface area contributed by atoms with Crippen LogP contribution in [-0.2, 0) is 11.3 Å². The number of nitrogens with one attached hydrogen (secondary N) is 1. The molecule has 140 valence electrons. The molecule has 0 saturated carbocycles. The zero-order chi connectivity index (χ0) is 18.1. The average Bonchev–Trinajstić information content (AvgIpc) is 3.05. The van der Waals surface area contributed by atoms with E-state index in [0.29, 0.717) is 19.1 Å². The predicted octanol–water partition coefficient (Wildman–Crippen LogP) is 1.67. The van der Waals surface area contributed by atoms with E-state index in [1.165, 1.54) is 0 Å². The molecule has 0 spiro atoms. The van der Waals surface area contributed by atoms with Crippen molar-refractivity contribution in [1.82, 2.24) is 15.1 Å². The fourth-order valence-corrected chi connectivity index (χ4v) is 3.03. The van der Waals surface area contributed by atoms with Crippen LogP contribution in [-0.4, -0.2) is 76.9 Å². The molecular weight excluding hydrogens is 316 g/mol. The minimum Gasteiger partial charge on any atom is -0.492 e. The van der Waals surface area contributed by atoms with Gasteiger partial charge in [0.2, 0.25) is 0 Å². The number of likely N-dealkylation sites (N-methyl/N-ethyl adjacent to an activating group) is 1. The van der Waals surface area contributed by atoms with Crippen LogP contribution in [0.2, 0.25) is 0 Å². The Morgan fingerprint density at radius 2 is 2.16 bits per heavy atom. The molecule has 0 aliphatic carbocycles. The monoisotopic (exact) mass is 348 g/mol. The molecule has 1 saturated heterocycles. The van der Waals surface area contributed by atoms with Crippen LogP contribution in [0.15, 0.2) is 29.3 Å². The number of guanidine groups is 1. The molecule has 1 aromatic rings. The largest absolute Gasteiger partial charge is 0.492 e. The molecule has 1 aliphatic heterocycles. The number of likely N-dealkylation sites (tertiary alicyclic amines) is 1. The number of rotatable bonds is 8. The number of methoxy groups -OCH3 is 1. The Balaban J connectivity index is 1.89. The predicted molar refractivity (Wildman–Crippen MR) is 102 cm³/mol. The van der Waals surface area contributed by atoms with Gasteiger partial charge in [-0.15, -0.1) is 0 Å². The van der Waals surface area contributed by atoms with Gasteiger partial charge in [-0.25, -0.2) is 0 Å². The van der Waals surface area contributed by atoms with Crippen molar-refractivity contribution in [1.29, 1.82) is 0 Å². The summed E-state index contributed by atoms with van der Waals surface area (Å²) in [6.07, 6.45) is 1.15. The number of benzene rings is 1. The van der Waals surface area contributed by atoms with Crippen LogP contribution in [0, 0.1) is 5.92 Å². The van der Waals surface area contributed by atoms with E-state index in [9.17, 15) is 0 Å². The number of hydrogen-bond acceptors (Lipinski definition) is 4. The molecule has 0 aromatic heterocycles. The highest BCUT2D eigenvalue weighted by molar-refractivity contribution is 5.80. The number of hydrogen-bond donors (Lipinski definition) is 1. The maximum atomic E-state index is 5.94. The van der Waals surface area contributed by atoms with Crippen LogP contribution >= 0.6 is 0 Å². The standard InChI is InChI=1S/C19H32N4O2/c1-20-19(23-10-9-16(14-23)15-24-4)21-13-17-7-5-6-8-18(17)25-12-11-22(2)3/h5-8,16H,9-15H2,1-4H3,(H,20,21). The van der Waals surface area contributed by atoms with Crippen LogP contribution in [0.5, 0.6) is 5.75 Å². The third kappa shape index (κ3) is 6.21. The zero-order valence-electron chi connectivity index (χ0n) is 16.0. The van der Waals surface area contributed by atoms with Gasteiger partial charge in [-0.3, -0.25) is 4.99 Å². The zero-order valence-corrected chi connectivity index (χ0v) is 16.0. The van der Waals surface area contributed by atoms with Crippen molar-refractivity contribution in [3.05, 3.63) is 29.8 Å². The fraction of sp³-hybridized carbons (Fsp3) is 0.632. The van der Waals surface area contributed by atoms with E-state index < -0.39 is 0 Å². The summed E-state index contributed by atoms with van der Waals surface area (Å²) >= 11 is 0. The van der Waals surface area contributed by atoms with Crippen molar-refractivity contribution in [3.8, 4) is 5.75 Å². The summed E-state index contributed by atoms with van der Waals surface area (Å²) in [7, 11) is 7.70. The number of nitrogens with zero attached hydrogens (tertiary/aromatic N) is 3. The lowest BCUT2D eigenvalue weighted by atomic mass is 10.1. The molecule has 2 rings (SSSR count). The molecule has 0 bridgehead atoms. The lowest BCUT2D eigenvalue weighted by molar-refractivity contribution is 0.157. The van der Waals surface area contributed by atoms with Gasteiger partial charge in [-0.1, -0.05) is 18.2 Å². The first-order valence-corrected chi connectivity index (χ1v) is 8.94. The van der Waals surface area contributed by atoms with E-state index in [2.05, 4.69) is 26.2 Å². The summed E-state index contributed by atoms with van der Waals surface area (Å²) in [6.45, 7) is 5.12. The molecule has 1 atom stereocenters. The summed E-state index contributed by atoms with van der Waals surface area (Å²) < 4.78 is 11.2. The van der Waals surface area contributed by atoms with Crippen molar-refractivity contribution in [2.24, 2.45) is 10.9 Å². The van der Waals surface area contributed by atoms with Gasteiger partial charge in [0.15, 0.2) is 5.96 Å². The van der Waals surface area contributed by atoms with Crippen LogP contribution in [0.3, 0.4) is 0 Å². The Bertz CT molecular complexity index is 548. The Kier molecular flexibility index (Phi) is 8.01. The highest BCUT2D eigenvalue weighted by atomic mass is 16.5. The highest BCUT2D eigenvalue weighted by Gasteiger charge is 2.24. The van der Waals surface area contributed by atoms with Gasteiger partial charge in [0.05, 0.1) is 6.61 Å². The number of ether oxygens (including phenoxy) is 2. The van der Waals surface area contributed by atoms with Gasteiger partial charge in [-0.05, 0) is 26.6 Å². The first kappa shape index (κ1) is 19.5. The van der Waals surface area contributed by atoms with Crippen LogP contribution in [0.4, 0.5) is 0 Å². The summed E-state index contributed by atoms with van der Waals surface area (Å²) in [5.74, 6) is 2.47. The Hall–Kier alpha value is -1.79. The molecule has 0 radical (unpaired) electrons. The molecule has 1 fully saturated rings. The van der Waals surface area contributed by atoms with Gasteiger partial charge in [-0.2, -0.15) is 0 Å². The molecule has 6 heteroatoms. The van der Waals surface area contributed by atoms with Crippen molar-refractivity contribution in [2.45, 2.75) is 13.0 Å². The smallest absolute Gasteiger partial charge is 0.193 e. The number of para-hydroxylation sites is 1. The van der Waals surface area contributed by atoms with Gasteiger partial charge < -0.3 is 24.6 Å². The Labute approximate surface area is 151 Å². The summed E-state index contributed by atoms with van der Waals surface area (Å²) in [4.78, 5) is 8.86. The van der Waals surface area contributed by atoms with Gasteiger partial charge >= 0.3 is 0 Å². The normalized spacial score (nSPS) is 18.0. The van der Waals surface area contributed by atoms with E-state index in [4.69, 9.17) is 9.47 Å². The van der Waals surface area contributed by atoms with Crippen molar-refractivity contribution in [3.63, 3.8) is 0 Å². The first-order chi connectivity index (χ1) is 12.1. The maximum absolute atomic E-state index is 5.94.